The summed E-state index contributed by atoms with van der Waals surface area (Å²) in [4.78, 5) is 21.0. The van der Waals surface area contributed by atoms with Gasteiger partial charge in [0.05, 0.1) is 30.9 Å². The van der Waals surface area contributed by atoms with Crippen LogP contribution in [0.4, 0.5) is 0 Å². The Kier molecular flexibility index (Phi) is 5.03. The van der Waals surface area contributed by atoms with Crippen LogP contribution in [0.1, 0.15) is 17.0 Å². The van der Waals surface area contributed by atoms with E-state index in [1.165, 1.54) is 11.5 Å². The topological polar surface area (TPSA) is 54.3 Å². The van der Waals surface area contributed by atoms with E-state index in [0.29, 0.717) is 13.0 Å². The Labute approximate surface area is 152 Å². The average Bonchev–Trinajstić information content (AvgIpc) is 3.04. The van der Waals surface area contributed by atoms with Gasteiger partial charge in [-0.15, -0.1) is 0 Å². The number of hydrogen-bond donors (Lipinski definition) is 0. The molecule has 1 saturated heterocycles. The van der Waals surface area contributed by atoms with Gasteiger partial charge in [0, 0.05) is 50.1 Å². The summed E-state index contributed by atoms with van der Waals surface area (Å²) in [7, 11) is 0. The summed E-state index contributed by atoms with van der Waals surface area (Å²) in [6, 6.07) is 6.00. The first-order valence-electron chi connectivity index (χ1n) is 8.80. The molecule has 2 aliphatic rings. The van der Waals surface area contributed by atoms with Gasteiger partial charge in [0.2, 0.25) is 5.91 Å². The van der Waals surface area contributed by atoms with Crippen LogP contribution in [-0.2, 0) is 30.8 Å². The number of amides is 1. The lowest BCUT2D eigenvalue weighted by molar-refractivity contribution is -0.132. The van der Waals surface area contributed by atoms with Gasteiger partial charge in [0.15, 0.2) is 0 Å². The molecule has 7 heteroatoms. The molecule has 0 aromatic carbocycles. The van der Waals surface area contributed by atoms with Crippen molar-refractivity contribution < 1.29 is 4.79 Å². The van der Waals surface area contributed by atoms with Crippen LogP contribution in [0.15, 0.2) is 30.6 Å². The number of hydrogen-bond acceptors (Lipinski definition) is 5. The van der Waals surface area contributed by atoms with Crippen LogP contribution in [0, 0.1) is 0 Å². The van der Waals surface area contributed by atoms with Crippen molar-refractivity contribution in [1.29, 1.82) is 0 Å². The van der Waals surface area contributed by atoms with E-state index in [4.69, 9.17) is 5.10 Å². The molecule has 0 unspecified atom stereocenters. The minimum atomic E-state index is 0.162. The predicted molar refractivity (Wildman–Crippen MR) is 98.2 cm³/mol. The summed E-state index contributed by atoms with van der Waals surface area (Å²) in [5.74, 6) is 2.59. The van der Waals surface area contributed by atoms with Crippen LogP contribution in [0.2, 0.25) is 0 Å². The highest BCUT2D eigenvalue weighted by atomic mass is 32.2. The van der Waals surface area contributed by atoms with E-state index < -0.39 is 0 Å². The third-order valence-corrected chi connectivity index (χ3v) is 5.71. The lowest BCUT2D eigenvalue weighted by Gasteiger charge is -2.27. The fraction of sp³-hybridized carbons (Fsp3) is 0.500. The van der Waals surface area contributed by atoms with Gasteiger partial charge in [-0.2, -0.15) is 16.9 Å². The molecule has 1 fully saturated rings. The van der Waals surface area contributed by atoms with Gasteiger partial charge < -0.3 is 4.90 Å². The number of carbonyl (C=O) groups excluding carboxylic acids is 1. The Morgan fingerprint density at radius 2 is 2.08 bits per heavy atom. The van der Waals surface area contributed by atoms with Gasteiger partial charge in [-0.1, -0.05) is 6.07 Å². The number of aromatic nitrogens is 3. The smallest absolute Gasteiger partial charge is 0.227 e. The molecule has 132 valence electrons. The highest BCUT2D eigenvalue weighted by Gasteiger charge is 2.23. The summed E-state index contributed by atoms with van der Waals surface area (Å²) in [6.07, 6.45) is 3.91. The van der Waals surface area contributed by atoms with E-state index >= 15 is 0 Å². The molecule has 0 N–H and O–H groups in total. The SMILES string of the molecule is O=C(Cc1cccnc1)N1CCn2nc(CN3CCSCC3)cc2C1. The third kappa shape index (κ3) is 4.04. The molecule has 0 aliphatic carbocycles. The first-order valence-corrected chi connectivity index (χ1v) is 9.96. The molecule has 0 spiro atoms. The zero-order valence-electron chi connectivity index (χ0n) is 14.3. The van der Waals surface area contributed by atoms with Gasteiger partial charge in [0.1, 0.15) is 0 Å². The van der Waals surface area contributed by atoms with Crippen molar-refractivity contribution in [3.8, 4) is 0 Å². The first kappa shape index (κ1) is 16.6. The summed E-state index contributed by atoms with van der Waals surface area (Å²) >= 11 is 2.02. The molecule has 2 aromatic rings. The molecule has 1 amide bonds. The Bertz CT molecular complexity index is 726. The number of carbonyl (C=O) groups is 1. The minimum Gasteiger partial charge on any atom is -0.335 e. The zero-order chi connectivity index (χ0) is 17.1. The van der Waals surface area contributed by atoms with E-state index in [9.17, 15) is 4.79 Å². The maximum Gasteiger partial charge on any atom is 0.227 e. The van der Waals surface area contributed by atoms with Gasteiger partial charge in [0.25, 0.3) is 0 Å². The van der Waals surface area contributed by atoms with Crippen molar-refractivity contribution in [3.63, 3.8) is 0 Å². The van der Waals surface area contributed by atoms with Crippen molar-refractivity contribution in [2.45, 2.75) is 26.1 Å². The van der Waals surface area contributed by atoms with E-state index in [1.807, 2.05) is 28.8 Å². The molecular weight excluding hydrogens is 334 g/mol. The van der Waals surface area contributed by atoms with Gasteiger partial charge in [-0.05, 0) is 17.7 Å². The molecule has 4 heterocycles. The standard InChI is InChI=1S/C18H23N5OS/c24-18(10-15-2-1-3-19-12-15)22-4-5-23-17(14-22)11-16(20-23)13-21-6-8-25-9-7-21/h1-3,11-12H,4-10,13-14H2. The molecular formula is C18H23N5OS. The highest BCUT2D eigenvalue weighted by Crippen LogP contribution is 2.17. The third-order valence-electron chi connectivity index (χ3n) is 4.77. The van der Waals surface area contributed by atoms with Crippen molar-refractivity contribution in [2.75, 3.05) is 31.1 Å². The zero-order valence-corrected chi connectivity index (χ0v) is 15.1. The maximum absolute atomic E-state index is 12.6. The summed E-state index contributed by atoms with van der Waals surface area (Å²) in [5, 5.41) is 4.74. The largest absolute Gasteiger partial charge is 0.335 e. The molecule has 0 radical (unpaired) electrons. The van der Waals surface area contributed by atoms with Crippen LogP contribution in [0.3, 0.4) is 0 Å². The van der Waals surface area contributed by atoms with Crippen LogP contribution >= 0.6 is 11.8 Å². The molecule has 0 atom stereocenters. The number of thioether (sulfide) groups is 1. The summed E-state index contributed by atoms with van der Waals surface area (Å²) in [5.41, 5.74) is 3.24. The Balaban J connectivity index is 1.38. The average molecular weight is 357 g/mol. The normalized spacial score (nSPS) is 18.2. The summed E-state index contributed by atoms with van der Waals surface area (Å²) < 4.78 is 2.07. The number of nitrogens with zero attached hydrogens (tertiary/aromatic N) is 5. The quantitative estimate of drug-likeness (QED) is 0.828. The fourth-order valence-corrected chi connectivity index (χ4v) is 4.37. The summed E-state index contributed by atoms with van der Waals surface area (Å²) in [6.45, 7) is 5.37. The van der Waals surface area contributed by atoms with E-state index in [1.54, 1.807) is 12.4 Å². The van der Waals surface area contributed by atoms with Gasteiger partial charge in [-0.3, -0.25) is 19.4 Å². The molecule has 4 rings (SSSR count). The van der Waals surface area contributed by atoms with Crippen LogP contribution in [-0.4, -0.2) is 61.6 Å². The lowest BCUT2D eigenvalue weighted by atomic mass is 10.2. The van der Waals surface area contributed by atoms with Crippen molar-refractivity contribution >= 4 is 17.7 Å². The Morgan fingerprint density at radius 1 is 1.20 bits per heavy atom. The van der Waals surface area contributed by atoms with Crippen LogP contribution in [0.5, 0.6) is 0 Å². The molecule has 6 nitrogen and oxygen atoms in total. The van der Waals surface area contributed by atoms with E-state index in [2.05, 4.69) is 20.6 Å². The number of pyridine rings is 1. The first-order chi connectivity index (χ1) is 12.3. The van der Waals surface area contributed by atoms with Crippen molar-refractivity contribution in [3.05, 3.63) is 47.5 Å². The van der Waals surface area contributed by atoms with E-state index in [0.717, 1.165) is 49.7 Å². The van der Waals surface area contributed by atoms with Crippen LogP contribution in [0.25, 0.3) is 0 Å². The molecule has 2 aliphatic heterocycles. The Morgan fingerprint density at radius 3 is 2.88 bits per heavy atom. The molecule has 25 heavy (non-hydrogen) atoms. The number of fused-ring (bicyclic) bond motifs is 1. The minimum absolute atomic E-state index is 0.162. The van der Waals surface area contributed by atoms with Gasteiger partial charge >= 0.3 is 0 Å². The monoisotopic (exact) mass is 357 g/mol. The molecule has 0 saturated carbocycles. The van der Waals surface area contributed by atoms with E-state index in [-0.39, 0.29) is 5.91 Å². The number of rotatable bonds is 4. The second-order valence-corrected chi connectivity index (χ2v) is 7.82. The second kappa shape index (κ2) is 7.58. The molecule has 0 bridgehead atoms. The lowest BCUT2D eigenvalue weighted by Crippen LogP contribution is -2.39. The fourth-order valence-electron chi connectivity index (χ4n) is 3.39. The maximum atomic E-state index is 12.6. The van der Waals surface area contributed by atoms with Crippen LogP contribution < -0.4 is 0 Å². The van der Waals surface area contributed by atoms with Gasteiger partial charge in [-0.25, -0.2) is 0 Å². The Hall–Kier alpha value is -1.86. The predicted octanol–water partition coefficient (Wildman–Crippen LogP) is 1.41. The van der Waals surface area contributed by atoms with Crippen molar-refractivity contribution in [1.82, 2.24) is 24.6 Å². The second-order valence-electron chi connectivity index (χ2n) is 6.59. The van der Waals surface area contributed by atoms with Crippen molar-refractivity contribution in [2.24, 2.45) is 0 Å². The highest BCUT2D eigenvalue weighted by molar-refractivity contribution is 7.99. The molecule has 2 aromatic heterocycles.